The Morgan fingerprint density at radius 1 is 1.39 bits per heavy atom. The summed E-state index contributed by atoms with van der Waals surface area (Å²) < 4.78 is 37.3. The van der Waals surface area contributed by atoms with Crippen molar-refractivity contribution in [1.29, 1.82) is 0 Å². The topological polar surface area (TPSA) is 71.8 Å². The van der Waals surface area contributed by atoms with Gasteiger partial charge >= 0.3 is 0 Å². The summed E-state index contributed by atoms with van der Waals surface area (Å²) in [4.78, 5) is 2.33. The maximum Gasteiger partial charge on any atom is 0.211 e. The number of nitrogens with one attached hydrogen (secondary N) is 1. The second-order valence-corrected chi connectivity index (χ2v) is 8.90. The third-order valence-corrected chi connectivity index (χ3v) is 6.17. The molecule has 2 aliphatic rings. The van der Waals surface area contributed by atoms with Crippen LogP contribution in [-0.2, 0) is 21.3 Å². The first-order chi connectivity index (χ1) is 10.9. The number of ether oxygens (including phenoxy) is 1. The van der Waals surface area contributed by atoms with Crippen molar-refractivity contribution in [2.45, 2.75) is 38.8 Å². The van der Waals surface area contributed by atoms with Gasteiger partial charge in [0, 0.05) is 19.6 Å². The van der Waals surface area contributed by atoms with Crippen molar-refractivity contribution in [2.75, 3.05) is 32.0 Å². The molecule has 0 amide bonds. The molecule has 3 rings (SSSR count). The van der Waals surface area contributed by atoms with Crippen LogP contribution in [0.4, 0.5) is 0 Å². The zero-order valence-electron chi connectivity index (χ0n) is 13.9. The van der Waals surface area contributed by atoms with Crippen LogP contribution in [0.2, 0.25) is 0 Å². The molecule has 3 heterocycles. The molecule has 0 aliphatic carbocycles. The minimum atomic E-state index is -3.10. The lowest BCUT2D eigenvalue weighted by atomic mass is 9.83. The third kappa shape index (κ3) is 4.15. The molecular formula is C16H26N2O4S. The van der Waals surface area contributed by atoms with E-state index in [0.29, 0.717) is 13.2 Å². The first-order valence-electron chi connectivity index (χ1n) is 8.29. The second-order valence-electron chi connectivity index (χ2n) is 6.81. The van der Waals surface area contributed by atoms with Crippen molar-refractivity contribution >= 4 is 10.0 Å². The van der Waals surface area contributed by atoms with Crippen LogP contribution in [0.5, 0.6) is 0 Å². The van der Waals surface area contributed by atoms with Crippen molar-refractivity contribution in [1.82, 2.24) is 9.62 Å². The normalized spacial score (nSPS) is 24.7. The largest absolute Gasteiger partial charge is 0.465 e. The highest BCUT2D eigenvalue weighted by Gasteiger charge is 2.46. The molecular weight excluding hydrogens is 316 g/mol. The van der Waals surface area contributed by atoms with Gasteiger partial charge in [-0.15, -0.1) is 0 Å². The average Bonchev–Trinajstić information content (AvgIpc) is 2.90. The molecule has 0 radical (unpaired) electrons. The van der Waals surface area contributed by atoms with Crippen LogP contribution >= 0.6 is 0 Å². The van der Waals surface area contributed by atoms with Gasteiger partial charge in [-0.05, 0) is 44.7 Å². The van der Waals surface area contributed by atoms with Gasteiger partial charge in [0.2, 0.25) is 10.0 Å². The second kappa shape index (κ2) is 6.55. The SMILES string of the molecule is CCS(=O)(=O)NC[C@@H]1CCC2(CN(Cc3ccc(C)o3)C2)OC1. The van der Waals surface area contributed by atoms with Crippen molar-refractivity contribution < 1.29 is 17.6 Å². The molecule has 0 saturated carbocycles. The van der Waals surface area contributed by atoms with E-state index in [9.17, 15) is 8.42 Å². The first kappa shape index (κ1) is 17.0. The number of likely N-dealkylation sites (tertiary alicyclic amines) is 1. The van der Waals surface area contributed by atoms with Crippen LogP contribution in [0.25, 0.3) is 0 Å². The van der Waals surface area contributed by atoms with E-state index in [1.54, 1.807) is 6.92 Å². The number of aryl methyl sites for hydroxylation is 1. The van der Waals surface area contributed by atoms with Crippen LogP contribution in [-0.4, -0.2) is 50.9 Å². The molecule has 0 bridgehead atoms. The number of nitrogens with zero attached hydrogens (tertiary/aromatic N) is 1. The van der Waals surface area contributed by atoms with Crippen LogP contribution in [0.15, 0.2) is 16.5 Å². The lowest BCUT2D eigenvalue weighted by Crippen LogP contribution is -2.64. The summed E-state index contributed by atoms with van der Waals surface area (Å²) in [6, 6.07) is 4.02. The van der Waals surface area contributed by atoms with E-state index in [-0.39, 0.29) is 17.3 Å². The van der Waals surface area contributed by atoms with E-state index in [1.807, 2.05) is 19.1 Å². The summed E-state index contributed by atoms with van der Waals surface area (Å²) in [5.74, 6) is 2.36. The van der Waals surface area contributed by atoms with Gasteiger partial charge in [0.15, 0.2) is 0 Å². The smallest absolute Gasteiger partial charge is 0.211 e. The first-order valence-corrected chi connectivity index (χ1v) is 9.94. The van der Waals surface area contributed by atoms with E-state index in [4.69, 9.17) is 9.15 Å². The van der Waals surface area contributed by atoms with E-state index < -0.39 is 10.0 Å². The zero-order chi connectivity index (χ0) is 16.5. The molecule has 23 heavy (non-hydrogen) atoms. The molecule has 130 valence electrons. The lowest BCUT2D eigenvalue weighted by Gasteiger charge is -2.52. The van der Waals surface area contributed by atoms with Gasteiger partial charge in [-0.2, -0.15) is 0 Å². The Balaban J connectivity index is 1.40. The van der Waals surface area contributed by atoms with Gasteiger partial charge in [-0.1, -0.05) is 0 Å². The highest BCUT2D eigenvalue weighted by Crippen LogP contribution is 2.36. The molecule has 2 saturated heterocycles. The summed E-state index contributed by atoms with van der Waals surface area (Å²) in [5.41, 5.74) is -0.0260. The number of hydrogen-bond donors (Lipinski definition) is 1. The quantitative estimate of drug-likeness (QED) is 0.848. The Hall–Kier alpha value is -0.890. The lowest BCUT2D eigenvalue weighted by molar-refractivity contribution is -0.181. The fourth-order valence-electron chi connectivity index (χ4n) is 3.35. The van der Waals surface area contributed by atoms with Crippen LogP contribution in [0.3, 0.4) is 0 Å². The van der Waals surface area contributed by atoms with Crippen molar-refractivity contribution in [3.63, 3.8) is 0 Å². The Morgan fingerprint density at radius 2 is 2.17 bits per heavy atom. The molecule has 6 nitrogen and oxygen atoms in total. The van der Waals surface area contributed by atoms with Crippen molar-refractivity contribution in [2.24, 2.45) is 5.92 Å². The summed E-state index contributed by atoms with van der Waals surface area (Å²) in [5, 5.41) is 0. The minimum absolute atomic E-state index is 0.0260. The van der Waals surface area contributed by atoms with Gasteiger partial charge in [-0.25, -0.2) is 13.1 Å². The average molecular weight is 342 g/mol. The standard InChI is InChI=1S/C16H26N2O4S/c1-3-23(19,20)17-8-14-6-7-16(21-10-14)11-18(12-16)9-15-5-4-13(2)22-15/h4-5,14,17H,3,6-12H2,1-2H3/t14-/m0/s1. The van der Waals surface area contributed by atoms with Crippen molar-refractivity contribution in [3.8, 4) is 0 Å². The molecule has 7 heteroatoms. The molecule has 1 N–H and O–H groups in total. The van der Waals surface area contributed by atoms with E-state index >= 15 is 0 Å². The molecule has 0 aromatic carbocycles. The highest BCUT2D eigenvalue weighted by molar-refractivity contribution is 7.89. The summed E-state index contributed by atoms with van der Waals surface area (Å²) >= 11 is 0. The molecule has 1 aromatic rings. The molecule has 2 fully saturated rings. The van der Waals surface area contributed by atoms with Crippen LogP contribution in [0.1, 0.15) is 31.3 Å². The Morgan fingerprint density at radius 3 is 2.74 bits per heavy atom. The van der Waals surface area contributed by atoms with Gasteiger partial charge < -0.3 is 9.15 Å². The molecule has 2 aliphatic heterocycles. The summed E-state index contributed by atoms with van der Waals surface area (Å²) in [6.07, 6.45) is 2.01. The Bertz CT molecular complexity index is 624. The number of rotatable bonds is 6. The highest BCUT2D eigenvalue weighted by atomic mass is 32.2. The summed E-state index contributed by atoms with van der Waals surface area (Å²) in [6.45, 7) is 7.43. The molecule has 1 aromatic heterocycles. The fourth-order valence-corrected chi connectivity index (χ4v) is 4.04. The zero-order valence-corrected chi connectivity index (χ0v) is 14.7. The summed E-state index contributed by atoms with van der Waals surface area (Å²) in [7, 11) is -3.10. The third-order valence-electron chi connectivity index (χ3n) is 4.80. The molecule has 1 atom stereocenters. The number of sulfonamides is 1. The van der Waals surface area contributed by atoms with Gasteiger partial charge in [0.1, 0.15) is 11.5 Å². The Kier molecular flexibility index (Phi) is 4.83. The van der Waals surface area contributed by atoms with Gasteiger partial charge in [0.05, 0.1) is 24.5 Å². The maximum absolute atomic E-state index is 11.5. The van der Waals surface area contributed by atoms with Gasteiger partial charge in [-0.3, -0.25) is 4.90 Å². The van der Waals surface area contributed by atoms with Crippen molar-refractivity contribution in [3.05, 3.63) is 23.7 Å². The van der Waals surface area contributed by atoms with Gasteiger partial charge in [0.25, 0.3) is 0 Å². The number of hydrogen-bond acceptors (Lipinski definition) is 5. The van der Waals surface area contributed by atoms with E-state index in [0.717, 1.165) is 44.0 Å². The predicted molar refractivity (Wildman–Crippen MR) is 87.6 cm³/mol. The predicted octanol–water partition coefficient (Wildman–Crippen LogP) is 1.51. The molecule has 0 unspecified atom stereocenters. The van der Waals surface area contributed by atoms with Crippen LogP contribution in [0, 0.1) is 12.8 Å². The van der Waals surface area contributed by atoms with Crippen LogP contribution < -0.4 is 4.72 Å². The minimum Gasteiger partial charge on any atom is -0.465 e. The maximum atomic E-state index is 11.5. The fraction of sp³-hybridized carbons (Fsp3) is 0.750. The van der Waals surface area contributed by atoms with E-state index in [2.05, 4.69) is 9.62 Å². The van der Waals surface area contributed by atoms with E-state index in [1.165, 1.54) is 0 Å². The molecule has 1 spiro atoms. The monoisotopic (exact) mass is 342 g/mol. The number of furan rings is 1. The Labute approximate surface area is 138 Å².